The third-order valence-corrected chi connectivity index (χ3v) is 3.51. The van der Waals surface area contributed by atoms with Crippen LogP contribution in [0.3, 0.4) is 0 Å². The number of nitrogens with one attached hydrogen (secondary N) is 1. The highest BCUT2D eigenvalue weighted by atomic mass is 35.5. The summed E-state index contributed by atoms with van der Waals surface area (Å²) in [4.78, 5) is 2.73. The van der Waals surface area contributed by atoms with Crippen LogP contribution in [0, 0.1) is 5.92 Å². The number of halogens is 1. The predicted molar refractivity (Wildman–Crippen MR) is 63.1 cm³/mol. The molecule has 2 heterocycles. The average molecular weight is 219 g/mol. The van der Waals surface area contributed by atoms with E-state index < -0.39 is 0 Å². The van der Waals surface area contributed by atoms with Crippen LogP contribution in [0.5, 0.6) is 0 Å². The highest BCUT2D eigenvalue weighted by Crippen LogP contribution is 2.21. The molecular weight excluding hydrogens is 196 g/mol. The van der Waals surface area contributed by atoms with Gasteiger partial charge < -0.3 is 10.2 Å². The molecule has 0 spiro atoms. The minimum atomic E-state index is 0. The molecule has 2 saturated heterocycles. The monoisotopic (exact) mass is 218 g/mol. The van der Waals surface area contributed by atoms with Gasteiger partial charge in [-0.25, -0.2) is 0 Å². The summed E-state index contributed by atoms with van der Waals surface area (Å²) in [6.07, 6.45) is 5.60. The van der Waals surface area contributed by atoms with Crippen molar-refractivity contribution in [3.63, 3.8) is 0 Å². The zero-order chi connectivity index (χ0) is 9.10. The van der Waals surface area contributed by atoms with Crippen molar-refractivity contribution in [1.29, 1.82) is 0 Å². The molecule has 14 heavy (non-hydrogen) atoms. The highest BCUT2D eigenvalue weighted by molar-refractivity contribution is 5.85. The molecule has 0 aliphatic carbocycles. The normalized spacial score (nSPS) is 31.1. The summed E-state index contributed by atoms with van der Waals surface area (Å²) >= 11 is 0. The van der Waals surface area contributed by atoms with Crippen LogP contribution in [0.2, 0.25) is 0 Å². The molecule has 2 aliphatic heterocycles. The maximum Gasteiger partial charge on any atom is 0.0119 e. The maximum atomic E-state index is 3.44. The first-order valence-corrected chi connectivity index (χ1v) is 5.81. The summed E-state index contributed by atoms with van der Waals surface area (Å²) < 4.78 is 0. The van der Waals surface area contributed by atoms with Gasteiger partial charge in [-0.15, -0.1) is 12.4 Å². The van der Waals surface area contributed by atoms with Crippen LogP contribution in [0.15, 0.2) is 0 Å². The molecule has 0 bridgehead atoms. The van der Waals surface area contributed by atoms with Crippen molar-refractivity contribution in [3.05, 3.63) is 0 Å². The van der Waals surface area contributed by atoms with Crippen LogP contribution >= 0.6 is 12.4 Å². The predicted octanol–water partition coefficient (Wildman–Crippen LogP) is 1.89. The van der Waals surface area contributed by atoms with Crippen molar-refractivity contribution in [2.45, 2.75) is 38.6 Å². The third kappa shape index (κ3) is 3.11. The van der Waals surface area contributed by atoms with E-state index in [0.29, 0.717) is 0 Å². The number of rotatable bonds is 1. The van der Waals surface area contributed by atoms with Gasteiger partial charge in [0.1, 0.15) is 0 Å². The zero-order valence-corrected chi connectivity index (χ0v) is 9.98. The summed E-state index contributed by atoms with van der Waals surface area (Å²) in [5.41, 5.74) is 0. The lowest BCUT2D eigenvalue weighted by molar-refractivity contribution is 0.108. The highest BCUT2D eigenvalue weighted by Gasteiger charge is 2.24. The molecule has 2 nitrogen and oxygen atoms in total. The topological polar surface area (TPSA) is 15.3 Å². The Kier molecular flexibility index (Phi) is 5.21. The van der Waals surface area contributed by atoms with Gasteiger partial charge in [0, 0.05) is 12.6 Å². The van der Waals surface area contributed by atoms with Gasteiger partial charge in [-0.1, -0.05) is 6.92 Å². The van der Waals surface area contributed by atoms with Gasteiger partial charge >= 0.3 is 0 Å². The molecule has 0 aromatic rings. The second-order valence-electron chi connectivity index (χ2n) is 4.72. The Morgan fingerprint density at radius 3 is 2.50 bits per heavy atom. The molecule has 1 atom stereocenters. The second kappa shape index (κ2) is 5.94. The Hall–Kier alpha value is 0.210. The molecular formula is C11H23ClN2. The van der Waals surface area contributed by atoms with Crippen molar-refractivity contribution >= 4 is 12.4 Å². The Balaban J connectivity index is 0.000000980. The average Bonchev–Trinajstić information content (AvgIpc) is 2.19. The third-order valence-electron chi connectivity index (χ3n) is 3.51. The standard InChI is InChI=1S/C11H22N2.ClH/c1-10-3-2-8-13(9-10)11-4-6-12-7-5-11;/h10-12H,2-9H2,1H3;1H/t10-;/m1./s1. The van der Waals surface area contributed by atoms with Crippen LogP contribution in [0.1, 0.15) is 32.6 Å². The summed E-state index contributed by atoms with van der Waals surface area (Å²) in [5, 5.41) is 3.44. The lowest BCUT2D eigenvalue weighted by Crippen LogP contribution is -2.47. The molecule has 0 aromatic heterocycles. The van der Waals surface area contributed by atoms with Crippen molar-refractivity contribution in [2.75, 3.05) is 26.2 Å². The first-order chi connectivity index (χ1) is 6.36. The lowest BCUT2D eigenvalue weighted by atomic mass is 9.96. The van der Waals surface area contributed by atoms with Gasteiger partial charge in [-0.3, -0.25) is 0 Å². The number of hydrogen-bond acceptors (Lipinski definition) is 2. The van der Waals surface area contributed by atoms with E-state index in [0.717, 1.165) is 12.0 Å². The van der Waals surface area contributed by atoms with Gasteiger partial charge in [0.25, 0.3) is 0 Å². The molecule has 0 aromatic carbocycles. The summed E-state index contributed by atoms with van der Waals surface area (Å²) in [7, 11) is 0. The number of nitrogens with zero attached hydrogens (tertiary/aromatic N) is 1. The molecule has 0 saturated carbocycles. The first-order valence-electron chi connectivity index (χ1n) is 5.81. The lowest BCUT2D eigenvalue weighted by Gasteiger charge is -2.39. The van der Waals surface area contributed by atoms with Crippen LogP contribution in [0.25, 0.3) is 0 Å². The zero-order valence-electron chi connectivity index (χ0n) is 9.17. The van der Waals surface area contributed by atoms with Gasteiger partial charge in [-0.2, -0.15) is 0 Å². The largest absolute Gasteiger partial charge is 0.317 e. The van der Waals surface area contributed by atoms with Gasteiger partial charge in [0.05, 0.1) is 0 Å². The van der Waals surface area contributed by atoms with Gasteiger partial charge in [0.15, 0.2) is 0 Å². The Morgan fingerprint density at radius 1 is 1.14 bits per heavy atom. The molecule has 0 unspecified atom stereocenters. The molecule has 0 amide bonds. The van der Waals surface area contributed by atoms with E-state index in [2.05, 4.69) is 17.1 Å². The molecule has 1 N–H and O–H groups in total. The van der Waals surface area contributed by atoms with Crippen LogP contribution < -0.4 is 5.32 Å². The van der Waals surface area contributed by atoms with Crippen LogP contribution in [-0.4, -0.2) is 37.1 Å². The number of hydrogen-bond donors (Lipinski definition) is 1. The first kappa shape index (κ1) is 12.3. The molecule has 2 aliphatic rings. The summed E-state index contributed by atoms with van der Waals surface area (Å²) in [6, 6.07) is 0.893. The van der Waals surface area contributed by atoms with E-state index in [4.69, 9.17) is 0 Å². The van der Waals surface area contributed by atoms with Crippen LogP contribution in [-0.2, 0) is 0 Å². The number of likely N-dealkylation sites (tertiary alicyclic amines) is 1. The number of piperidine rings is 2. The second-order valence-corrected chi connectivity index (χ2v) is 4.72. The van der Waals surface area contributed by atoms with E-state index >= 15 is 0 Å². The van der Waals surface area contributed by atoms with E-state index in [9.17, 15) is 0 Å². The van der Waals surface area contributed by atoms with E-state index in [1.54, 1.807) is 0 Å². The quantitative estimate of drug-likeness (QED) is 0.723. The van der Waals surface area contributed by atoms with E-state index in [1.807, 2.05) is 0 Å². The fourth-order valence-electron chi connectivity index (χ4n) is 2.73. The van der Waals surface area contributed by atoms with Crippen molar-refractivity contribution in [2.24, 2.45) is 5.92 Å². The SMILES string of the molecule is C[C@@H]1CCCN(C2CCNCC2)C1.Cl. The van der Waals surface area contributed by atoms with Gasteiger partial charge in [-0.05, 0) is 51.2 Å². The van der Waals surface area contributed by atoms with Crippen molar-refractivity contribution < 1.29 is 0 Å². The van der Waals surface area contributed by atoms with Crippen LogP contribution in [0.4, 0.5) is 0 Å². The Labute approximate surface area is 93.8 Å². The summed E-state index contributed by atoms with van der Waals surface area (Å²) in [6.45, 7) is 7.57. The molecule has 2 fully saturated rings. The van der Waals surface area contributed by atoms with Crippen molar-refractivity contribution in [1.82, 2.24) is 10.2 Å². The summed E-state index contributed by atoms with van der Waals surface area (Å²) in [5.74, 6) is 0.934. The fourth-order valence-corrected chi connectivity index (χ4v) is 2.73. The van der Waals surface area contributed by atoms with E-state index in [-0.39, 0.29) is 12.4 Å². The Morgan fingerprint density at radius 2 is 1.86 bits per heavy atom. The van der Waals surface area contributed by atoms with Gasteiger partial charge in [0.2, 0.25) is 0 Å². The Bertz CT molecular complexity index is 157. The van der Waals surface area contributed by atoms with E-state index in [1.165, 1.54) is 51.9 Å². The molecule has 3 heteroatoms. The smallest absolute Gasteiger partial charge is 0.0119 e. The maximum absolute atomic E-state index is 3.44. The van der Waals surface area contributed by atoms with Crippen molar-refractivity contribution in [3.8, 4) is 0 Å². The molecule has 0 radical (unpaired) electrons. The fraction of sp³-hybridized carbons (Fsp3) is 1.00. The molecule has 84 valence electrons. The molecule has 2 rings (SSSR count). The minimum Gasteiger partial charge on any atom is -0.317 e. The minimum absolute atomic E-state index is 0.